The first-order chi connectivity index (χ1) is 14.0. The number of nitrogens with one attached hydrogen (secondary N) is 2. The van der Waals surface area contributed by atoms with E-state index in [4.69, 9.17) is 21.1 Å². The number of amides is 2. The number of esters is 1. The fourth-order valence-electron chi connectivity index (χ4n) is 2.25. The van der Waals surface area contributed by atoms with Gasteiger partial charge in [-0.2, -0.15) is 0 Å². The zero-order chi connectivity index (χ0) is 21.1. The minimum absolute atomic E-state index is 0.349. The molecule has 0 fully saturated rings. The van der Waals surface area contributed by atoms with Crippen LogP contribution in [-0.4, -0.2) is 37.5 Å². The van der Waals surface area contributed by atoms with Gasteiger partial charge in [0.05, 0.1) is 6.61 Å². The maximum absolute atomic E-state index is 12.1. The van der Waals surface area contributed by atoms with Gasteiger partial charge in [-0.1, -0.05) is 31.0 Å². The van der Waals surface area contributed by atoms with E-state index in [2.05, 4.69) is 17.6 Å². The van der Waals surface area contributed by atoms with Gasteiger partial charge in [0.25, 0.3) is 11.8 Å². The molecule has 0 aliphatic carbocycles. The highest BCUT2D eigenvalue weighted by Crippen LogP contribution is 2.15. The number of carbonyl (C=O) groups excluding carboxylic acids is 3. The Hall–Kier alpha value is -3.06. The number of hydrogen-bond donors (Lipinski definition) is 2. The molecule has 0 unspecified atom stereocenters. The van der Waals surface area contributed by atoms with Crippen LogP contribution in [0.15, 0.2) is 48.5 Å². The molecule has 0 radical (unpaired) electrons. The van der Waals surface area contributed by atoms with Crippen LogP contribution in [0.4, 0.5) is 5.69 Å². The highest BCUT2D eigenvalue weighted by atomic mass is 35.5. The van der Waals surface area contributed by atoms with E-state index in [-0.39, 0.29) is 6.54 Å². The maximum Gasteiger partial charge on any atom is 0.325 e. The molecular formula is C21H23ClN2O5. The van der Waals surface area contributed by atoms with E-state index in [0.29, 0.717) is 28.6 Å². The molecule has 7 nitrogen and oxygen atoms in total. The molecule has 2 N–H and O–H groups in total. The van der Waals surface area contributed by atoms with Crippen molar-refractivity contribution in [3.8, 4) is 5.75 Å². The van der Waals surface area contributed by atoms with E-state index < -0.39 is 24.4 Å². The Labute approximate surface area is 174 Å². The summed E-state index contributed by atoms with van der Waals surface area (Å²) < 4.78 is 10.4. The molecule has 8 heteroatoms. The normalized spacial score (nSPS) is 10.1. The lowest BCUT2D eigenvalue weighted by molar-refractivity contribution is -0.146. The lowest BCUT2D eigenvalue weighted by atomic mass is 10.2. The molecule has 29 heavy (non-hydrogen) atoms. The minimum Gasteiger partial charge on any atom is -0.494 e. The summed E-state index contributed by atoms with van der Waals surface area (Å²) >= 11 is 5.83. The van der Waals surface area contributed by atoms with Crippen LogP contribution in [0.2, 0.25) is 5.02 Å². The van der Waals surface area contributed by atoms with Crippen LogP contribution in [-0.2, 0) is 14.3 Å². The summed E-state index contributed by atoms with van der Waals surface area (Å²) in [4.78, 5) is 35.6. The van der Waals surface area contributed by atoms with Crippen molar-refractivity contribution < 1.29 is 23.9 Å². The molecule has 0 heterocycles. The first kappa shape index (κ1) is 22.2. The van der Waals surface area contributed by atoms with Gasteiger partial charge >= 0.3 is 5.97 Å². The lowest BCUT2D eigenvalue weighted by Crippen LogP contribution is -2.32. The number of rotatable bonds is 10. The predicted molar refractivity (Wildman–Crippen MR) is 110 cm³/mol. The van der Waals surface area contributed by atoms with Crippen molar-refractivity contribution in [1.29, 1.82) is 0 Å². The summed E-state index contributed by atoms with van der Waals surface area (Å²) in [6, 6.07) is 13.2. The number of hydrogen-bond acceptors (Lipinski definition) is 5. The number of benzene rings is 2. The molecule has 0 atom stereocenters. The molecule has 0 bridgehead atoms. The molecule has 0 saturated carbocycles. The number of anilines is 1. The highest BCUT2D eigenvalue weighted by Gasteiger charge is 2.11. The Balaban J connectivity index is 1.70. The Kier molecular flexibility index (Phi) is 8.98. The summed E-state index contributed by atoms with van der Waals surface area (Å²) in [7, 11) is 0. The van der Waals surface area contributed by atoms with Crippen molar-refractivity contribution >= 4 is 35.1 Å². The largest absolute Gasteiger partial charge is 0.494 e. The molecule has 0 saturated heterocycles. The van der Waals surface area contributed by atoms with Crippen LogP contribution in [0.1, 0.15) is 30.1 Å². The summed E-state index contributed by atoms with van der Waals surface area (Å²) in [5.41, 5.74) is 0.883. The topological polar surface area (TPSA) is 93.7 Å². The van der Waals surface area contributed by atoms with Crippen molar-refractivity contribution in [3.63, 3.8) is 0 Å². The molecule has 2 amide bonds. The third-order valence-electron chi connectivity index (χ3n) is 3.75. The first-order valence-corrected chi connectivity index (χ1v) is 9.58. The van der Waals surface area contributed by atoms with Gasteiger partial charge < -0.3 is 20.1 Å². The van der Waals surface area contributed by atoms with E-state index in [0.717, 1.165) is 12.8 Å². The Morgan fingerprint density at radius 3 is 2.52 bits per heavy atom. The molecule has 0 aromatic heterocycles. The lowest BCUT2D eigenvalue weighted by Gasteiger charge is -2.09. The van der Waals surface area contributed by atoms with Crippen LogP contribution < -0.4 is 15.4 Å². The van der Waals surface area contributed by atoms with Crippen molar-refractivity contribution in [2.45, 2.75) is 19.8 Å². The van der Waals surface area contributed by atoms with Crippen LogP contribution in [0.25, 0.3) is 0 Å². The second kappa shape index (κ2) is 11.7. The standard InChI is InChI=1S/C21H23ClN2O5/c1-2-3-11-28-18-9-7-15(8-10-18)21(27)23-13-20(26)29-14-19(25)24-17-6-4-5-16(22)12-17/h4-10,12H,2-3,11,13-14H2,1H3,(H,23,27)(H,24,25). The van der Waals surface area contributed by atoms with Crippen molar-refractivity contribution in [1.82, 2.24) is 5.32 Å². The van der Waals surface area contributed by atoms with Gasteiger partial charge in [0.15, 0.2) is 6.61 Å². The van der Waals surface area contributed by atoms with E-state index in [1.54, 1.807) is 48.5 Å². The smallest absolute Gasteiger partial charge is 0.325 e. The van der Waals surface area contributed by atoms with E-state index in [1.807, 2.05) is 0 Å². The molecule has 0 aliphatic heterocycles. The van der Waals surface area contributed by atoms with Crippen LogP contribution in [0.5, 0.6) is 5.75 Å². The molecule has 0 spiro atoms. The highest BCUT2D eigenvalue weighted by molar-refractivity contribution is 6.30. The van der Waals surface area contributed by atoms with E-state index >= 15 is 0 Å². The fourth-order valence-corrected chi connectivity index (χ4v) is 2.44. The number of carbonyl (C=O) groups is 3. The van der Waals surface area contributed by atoms with Gasteiger partial charge in [-0.25, -0.2) is 0 Å². The number of ether oxygens (including phenoxy) is 2. The fraction of sp³-hybridized carbons (Fsp3) is 0.286. The Morgan fingerprint density at radius 1 is 1.07 bits per heavy atom. The number of unbranched alkanes of at least 4 members (excludes halogenated alkanes) is 1. The van der Waals surface area contributed by atoms with Gasteiger partial charge in [-0.3, -0.25) is 14.4 Å². The van der Waals surface area contributed by atoms with Crippen molar-refractivity contribution in [2.24, 2.45) is 0 Å². The third kappa shape index (κ3) is 8.23. The van der Waals surface area contributed by atoms with Gasteiger partial charge in [-0.05, 0) is 48.9 Å². The van der Waals surface area contributed by atoms with Crippen LogP contribution in [0.3, 0.4) is 0 Å². The monoisotopic (exact) mass is 418 g/mol. The molecule has 2 aromatic rings. The predicted octanol–water partition coefficient (Wildman–Crippen LogP) is 3.43. The van der Waals surface area contributed by atoms with Gasteiger partial charge in [0.2, 0.25) is 0 Å². The third-order valence-corrected chi connectivity index (χ3v) is 3.98. The Bertz CT molecular complexity index is 839. The Morgan fingerprint density at radius 2 is 1.83 bits per heavy atom. The SMILES string of the molecule is CCCCOc1ccc(C(=O)NCC(=O)OCC(=O)Nc2cccc(Cl)c2)cc1. The zero-order valence-electron chi connectivity index (χ0n) is 16.1. The average Bonchev–Trinajstić information content (AvgIpc) is 2.71. The second-order valence-electron chi connectivity index (χ2n) is 6.13. The summed E-state index contributed by atoms with van der Waals surface area (Å²) in [5, 5.41) is 5.48. The van der Waals surface area contributed by atoms with Gasteiger partial charge in [0, 0.05) is 16.3 Å². The van der Waals surface area contributed by atoms with Gasteiger partial charge in [-0.15, -0.1) is 0 Å². The van der Waals surface area contributed by atoms with Crippen molar-refractivity contribution in [2.75, 3.05) is 25.1 Å². The van der Waals surface area contributed by atoms with E-state index in [1.165, 1.54) is 0 Å². The zero-order valence-corrected chi connectivity index (χ0v) is 16.8. The van der Waals surface area contributed by atoms with E-state index in [9.17, 15) is 14.4 Å². The molecule has 2 aromatic carbocycles. The molecule has 2 rings (SSSR count). The minimum atomic E-state index is -0.723. The number of halogens is 1. The van der Waals surface area contributed by atoms with Crippen molar-refractivity contribution in [3.05, 3.63) is 59.1 Å². The second-order valence-corrected chi connectivity index (χ2v) is 6.56. The summed E-state index contributed by atoms with van der Waals surface area (Å²) in [5.74, 6) is -0.977. The van der Waals surface area contributed by atoms with Crippen LogP contribution >= 0.6 is 11.6 Å². The van der Waals surface area contributed by atoms with Crippen LogP contribution in [0, 0.1) is 0 Å². The maximum atomic E-state index is 12.1. The van der Waals surface area contributed by atoms with Gasteiger partial charge in [0.1, 0.15) is 12.3 Å². The first-order valence-electron chi connectivity index (χ1n) is 9.20. The summed E-state index contributed by atoms with van der Waals surface area (Å²) in [6.07, 6.45) is 2.00. The quantitative estimate of drug-likeness (QED) is 0.455. The molecule has 154 valence electrons. The summed E-state index contributed by atoms with van der Waals surface area (Å²) in [6.45, 7) is 1.88. The molecule has 0 aliphatic rings. The molecular weight excluding hydrogens is 396 g/mol. The average molecular weight is 419 g/mol.